The van der Waals surface area contributed by atoms with Gasteiger partial charge in [0, 0.05) is 5.02 Å². The standard InChI is InChI=1S/C6H5Cl2N.C6H4ClNO5S2/c7-4-1-2-5(8)6(9)3-4;7-5-2-1-4(15(11,12)13)3-6(5)8-14(9)10/h1-3H,9H2;1-3H,(H,11,12,13). The minimum absolute atomic E-state index is 0.0356. The Hall–Kier alpha value is -1.36. The summed E-state index contributed by atoms with van der Waals surface area (Å²) in [4.78, 5) is -0.476. The van der Waals surface area contributed by atoms with Crippen molar-refractivity contribution in [1.82, 2.24) is 0 Å². The van der Waals surface area contributed by atoms with Crippen LogP contribution < -0.4 is 5.73 Å². The second-order valence-electron chi connectivity index (χ2n) is 4.06. The van der Waals surface area contributed by atoms with Crippen LogP contribution in [0.4, 0.5) is 11.4 Å². The summed E-state index contributed by atoms with van der Waals surface area (Å²) in [5.41, 5.74) is 5.67. The van der Waals surface area contributed by atoms with E-state index in [-0.39, 0.29) is 10.7 Å². The molecule has 130 valence electrons. The van der Waals surface area contributed by atoms with Crippen LogP contribution in [-0.4, -0.2) is 21.4 Å². The molecule has 2 aromatic carbocycles. The molecule has 2 rings (SSSR count). The van der Waals surface area contributed by atoms with Crippen LogP contribution in [0.1, 0.15) is 0 Å². The van der Waals surface area contributed by atoms with Crippen molar-refractivity contribution in [2.75, 3.05) is 5.73 Å². The molecule has 0 aliphatic heterocycles. The third-order valence-electron chi connectivity index (χ3n) is 2.35. The summed E-state index contributed by atoms with van der Waals surface area (Å²) in [6, 6.07) is 7.98. The highest BCUT2D eigenvalue weighted by Gasteiger charge is 2.11. The lowest BCUT2D eigenvalue weighted by Gasteiger charge is -1.99. The van der Waals surface area contributed by atoms with Gasteiger partial charge in [0.2, 0.25) is 0 Å². The van der Waals surface area contributed by atoms with Crippen LogP contribution in [0.15, 0.2) is 45.7 Å². The fourth-order valence-corrected chi connectivity index (χ4v) is 2.64. The summed E-state index contributed by atoms with van der Waals surface area (Å²) in [5.74, 6) is 0. The van der Waals surface area contributed by atoms with Gasteiger partial charge in [-0.2, -0.15) is 16.8 Å². The first-order chi connectivity index (χ1) is 11.0. The number of nitrogens with two attached hydrogens (primary N) is 1. The molecule has 0 aliphatic rings. The van der Waals surface area contributed by atoms with Crippen molar-refractivity contribution >= 4 is 66.8 Å². The number of rotatable bonds is 2. The van der Waals surface area contributed by atoms with E-state index in [2.05, 4.69) is 4.36 Å². The summed E-state index contributed by atoms with van der Waals surface area (Å²) < 4.78 is 53.6. The summed E-state index contributed by atoms with van der Waals surface area (Å²) >= 11 is 16.7. The molecule has 0 atom stereocenters. The molecule has 0 saturated heterocycles. The van der Waals surface area contributed by atoms with E-state index < -0.39 is 25.5 Å². The third-order valence-corrected chi connectivity index (χ3v) is 4.44. The first-order valence-corrected chi connectivity index (χ1v) is 9.40. The fourth-order valence-electron chi connectivity index (χ4n) is 1.32. The molecule has 0 radical (unpaired) electrons. The zero-order chi connectivity index (χ0) is 18.5. The number of hydrogen-bond donors (Lipinski definition) is 2. The maximum Gasteiger partial charge on any atom is 0.316 e. The second-order valence-corrected chi connectivity index (χ2v) is 7.35. The van der Waals surface area contributed by atoms with Crippen molar-refractivity contribution in [2.45, 2.75) is 4.90 Å². The predicted octanol–water partition coefficient (Wildman–Crippen LogP) is 3.86. The fraction of sp³-hybridized carbons (Fsp3) is 0. The predicted molar refractivity (Wildman–Crippen MR) is 93.1 cm³/mol. The lowest BCUT2D eigenvalue weighted by molar-refractivity contribution is 0.483. The van der Waals surface area contributed by atoms with Gasteiger partial charge in [0.15, 0.2) is 0 Å². The summed E-state index contributed by atoms with van der Waals surface area (Å²) in [5, 5.41) is 1.11. The Morgan fingerprint density at radius 1 is 1.00 bits per heavy atom. The Kier molecular flexibility index (Phi) is 7.46. The zero-order valence-electron chi connectivity index (χ0n) is 11.5. The van der Waals surface area contributed by atoms with E-state index in [9.17, 15) is 16.8 Å². The molecule has 3 N–H and O–H groups in total. The number of nitrogens with zero attached hydrogens (tertiary/aromatic N) is 1. The van der Waals surface area contributed by atoms with Crippen molar-refractivity contribution in [2.24, 2.45) is 4.36 Å². The minimum atomic E-state index is -4.40. The van der Waals surface area contributed by atoms with Crippen LogP contribution in [0.2, 0.25) is 15.1 Å². The van der Waals surface area contributed by atoms with Crippen LogP contribution in [0.25, 0.3) is 0 Å². The summed E-state index contributed by atoms with van der Waals surface area (Å²) in [6.45, 7) is 0. The number of nitrogen functional groups attached to an aromatic ring is 1. The molecular formula is C12H9Cl3N2O5S2. The number of halogens is 3. The van der Waals surface area contributed by atoms with Crippen molar-refractivity contribution in [3.63, 3.8) is 0 Å². The van der Waals surface area contributed by atoms with E-state index in [0.29, 0.717) is 15.7 Å². The van der Waals surface area contributed by atoms with Gasteiger partial charge in [0.05, 0.1) is 20.6 Å². The van der Waals surface area contributed by atoms with Crippen LogP contribution in [0, 0.1) is 0 Å². The zero-order valence-corrected chi connectivity index (χ0v) is 15.4. The third kappa shape index (κ3) is 6.63. The quantitative estimate of drug-likeness (QED) is 0.549. The number of anilines is 1. The maximum absolute atomic E-state index is 10.7. The molecule has 12 heteroatoms. The summed E-state index contributed by atoms with van der Waals surface area (Å²) in [6.07, 6.45) is 0. The molecule has 0 saturated carbocycles. The number of benzene rings is 2. The van der Waals surface area contributed by atoms with Gasteiger partial charge in [0.1, 0.15) is 5.69 Å². The lowest BCUT2D eigenvalue weighted by atomic mass is 10.3. The Balaban J connectivity index is 0.000000272. The molecule has 0 heterocycles. The minimum Gasteiger partial charge on any atom is -0.397 e. The van der Waals surface area contributed by atoms with E-state index in [1.54, 1.807) is 18.2 Å². The van der Waals surface area contributed by atoms with Gasteiger partial charge < -0.3 is 5.73 Å². The molecule has 7 nitrogen and oxygen atoms in total. The van der Waals surface area contributed by atoms with Crippen LogP contribution in [0.3, 0.4) is 0 Å². The average molecular weight is 432 g/mol. The van der Waals surface area contributed by atoms with E-state index in [1.165, 1.54) is 0 Å². The van der Waals surface area contributed by atoms with E-state index in [1.807, 2.05) is 0 Å². The highest BCUT2D eigenvalue weighted by molar-refractivity contribution is 7.85. The normalized spacial score (nSPS) is 10.5. The molecule has 0 aromatic heterocycles. The molecule has 0 unspecified atom stereocenters. The Morgan fingerprint density at radius 2 is 1.58 bits per heavy atom. The van der Waals surface area contributed by atoms with E-state index in [4.69, 9.17) is 45.1 Å². The van der Waals surface area contributed by atoms with Gasteiger partial charge in [-0.05, 0) is 36.4 Å². The van der Waals surface area contributed by atoms with Crippen molar-refractivity contribution < 1.29 is 21.4 Å². The molecule has 0 spiro atoms. The van der Waals surface area contributed by atoms with Gasteiger partial charge >= 0.3 is 10.5 Å². The van der Waals surface area contributed by atoms with Gasteiger partial charge in [-0.3, -0.25) is 4.55 Å². The molecule has 0 fully saturated rings. The highest BCUT2D eigenvalue weighted by atomic mass is 35.5. The largest absolute Gasteiger partial charge is 0.397 e. The molecular weight excluding hydrogens is 423 g/mol. The van der Waals surface area contributed by atoms with Crippen molar-refractivity contribution in [1.29, 1.82) is 0 Å². The first kappa shape index (κ1) is 20.7. The summed E-state index contributed by atoms with van der Waals surface area (Å²) in [7, 11) is -7.15. The molecule has 0 amide bonds. The van der Waals surface area contributed by atoms with Gasteiger partial charge in [0.25, 0.3) is 10.1 Å². The number of hydrogen-bond acceptors (Lipinski definition) is 6. The van der Waals surface area contributed by atoms with Crippen LogP contribution in [-0.2, 0) is 20.6 Å². The van der Waals surface area contributed by atoms with Crippen LogP contribution >= 0.6 is 34.8 Å². The Labute approximate surface area is 154 Å². The Morgan fingerprint density at radius 3 is 2.04 bits per heavy atom. The van der Waals surface area contributed by atoms with Crippen LogP contribution in [0.5, 0.6) is 0 Å². The SMILES string of the molecule is Nc1cc(Cl)ccc1Cl.O=S(=O)=Nc1cc(S(=O)(=O)O)ccc1Cl. The average Bonchev–Trinajstić information content (AvgIpc) is 2.44. The topological polar surface area (TPSA) is 127 Å². The maximum atomic E-state index is 10.7. The first-order valence-electron chi connectivity index (χ1n) is 5.79. The van der Waals surface area contributed by atoms with E-state index in [0.717, 1.165) is 18.2 Å². The monoisotopic (exact) mass is 430 g/mol. The molecule has 0 aliphatic carbocycles. The highest BCUT2D eigenvalue weighted by Crippen LogP contribution is 2.27. The van der Waals surface area contributed by atoms with E-state index >= 15 is 0 Å². The van der Waals surface area contributed by atoms with Gasteiger partial charge in [-0.25, -0.2) is 0 Å². The molecule has 0 bridgehead atoms. The lowest BCUT2D eigenvalue weighted by Crippen LogP contribution is -1.97. The van der Waals surface area contributed by atoms with Crippen molar-refractivity contribution in [3.8, 4) is 0 Å². The van der Waals surface area contributed by atoms with Crippen molar-refractivity contribution in [3.05, 3.63) is 51.5 Å². The smallest absolute Gasteiger partial charge is 0.316 e. The second kappa shape index (κ2) is 8.65. The molecule has 24 heavy (non-hydrogen) atoms. The van der Waals surface area contributed by atoms with Gasteiger partial charge in [-0.1, -0.05) is 34.8 Å². The molecule has 2 aromatic rings. The van der Waals surface area contributed by atoms with Gasteiger partial charge in [-0.15, -0.1) is 4.36 Å². The Bertz CT molecular complexity index is 984.